The molecule has 0 N–H and O–H groups in total. The van der Waals surface area contributed by atoms with E-state index >= 15 is 0 Å². The highest BCUT2D eigenvalue weighted by Crippen LogP contribution is 2.39. The fourth-order valence-electron chi connectivity index (χ4n) is 2.53. The molecule has 0 saturated heterocycles. The predicted molar refractivity (Wildman–Crippen MR) is 90.3 cm³/mol. The molecule has 3 rings (SSSR count). The third-order valence-corrected chi connectivity index (χ3v) is 4.57. The van der Waals surface area contributed by atoms with Gasteiger partial charge in [0.2, 0.25) is 0 Å². The molecule has 0 radical (unpaired) electrons. The van der Waals surface area contributed by atoms with E-state index in [1.807, 2.05) is 0 Å². The van der Waals surface area contributed by atoms with Crippen molar-refractivity contribution >= 4 is 34.8 Å². The minimum atomic E-state index is -0.885. The number of hydrogen-bond acceptors (Lipinski definition) is 3. The molecule has 0 spiro atoms. The standard InChI is InChI=1S/C18H12F3NO2S/c1-2-25-16-15(10-3-5-11(19)6-4-10)17(23)22(18(16)24)14-9-12(20)7-8-13(14)21/h3-9H,2H2,1H3. The third kappa shape index (κ3) is 3.07. The van der Waals surface area contributed by atoms with Crippen molar-refractivity contribution in [3.8, 4) is 0 Å². The average Bonchev–Trinajstić information content (AvgIpc) is 2.82. The van der Waals surface area contributed by atoms with E-state index in [-0.39, 0.29) is 10.5 Å². The molecule has 2 aromatic carbocycles. The van der Waals surface area contributed by atoms with Crippen LogP contribution in [0.5, 0.6) is 0 Å². The van der Waals surface area contributed by atoms with Gasteiger partial charge in [0.05, 0.1) is 16.2 Å². The summed E-state index contributed by atoms with van der Waals surface area (Å²) < 4.78 is 40.7. The number of nitrogens with zero attached hydrogens (tertiary/aromatic N) is 1. The topological polar surface area (TPSA) is 37.4 Å². The number of carbonyl (C=O) groups is 2. The van der Waals surface area contributed by atoms with Crippen molar-refractivity contribution in [3.63, 3.8) is 0 Å². The molecule has 3 nitrogen and oxygen atoms in total. The minimum Gasteiger partial charge on any atom is -0.268 e. The lowest BCUT2D eigenvalue weighted by Crippen LogP contribution is -2.32. The molecule has 7 heteroatoms. The first-order valence-corrected chi connectivity index (χ1v) is 8.39. The number of rotatable bonds is 4. The maximum Gasteiger partial charge on any atom is 0.272 e. The first-order chi connectivity index (χ1) is 11.9. The van der Waals surface area contributed by atoms with Gasteiger partial charge in [-0.05, 0) is 35.6 Å². The van der Waals surface area contributed by atoms with Crippen LogP contribution in [0.2, 0.25) is 0 Å². The van der Waals surface area contributed by atoms with Crippen LogP contribution in [-0.2, 0) is 9.59 Å². The Kier molecular flexibility index (Phi) is 4.67. The lowest BCUT2D eigenvalue weighted by atomic mass is 10.1. The highest BCUT2D eigenvalue weighted by molar-refractivity contribution is 8.04. The summed E-state index contributed by atoms with van der Waals surface area (Å²) in [6, 6.07) is 7.63. The number of halogens is 3. The first kappa shape index (κ1) is 17.3. The molecule has 1 heterocycles. The van der Waals surface area contributed by atoms with Gasteiger partial charge in [0.25, 0.3) is 11.8 Å². The summed E-state index contributed by atoms with van der Waals surface area (Å²) in [6.07, 6.45) is 0. The van der Waals surface area contributed by atoms with Gasteiger partial charge in [-0.1, -0.05) is 19.1 Å². The number of thioether (sulfide) groups is 1. The summed E-state index contributed by atoms with van der Waals surface area (Å²) in [5, 5.41) is 0. The molecular formula is C18H12F3NO2S. The Hall–Kier alpha value is -2.54. The Labute approximate surface area is 146 Å². The van der Waals surface area contributed by atoms with Gasteiger partial charge in [-0.15, -0.1) is 11.8 Å². The third-order valence-electron chi connectivity index (χ3n) is 3.61. The highest BCUT2D eigenvalue weighted by atomic mass is 32.2. The Morgan fingerprint density at radius 1 is 0.920 bits per heavy atom. The van der Waals surface area contributed by atoms with Crippen molar-refractivity contribution in [3.05, 3.63) is 70.4 Å². The number of amides is 2. The van der Waals surface area contributed by atoms with Crippen LogP contribution >= 0.6 is 11.8 Å². The molecule has 0 atom stereocenters. The van der Waals surface area contributed by atoms with E-state index in [9.17, 15) is 22.8 Å². The zero-order chi connectivity index (χ0) is 18.1. The number of benzene rings is 2. The lowest BCUT2D eigenvalue weighted by Gasteiger charge is -2.16. The van der Waals surface area contributed by atoms with Crippen LogP contribution in [0.4, 0.5) is 18.9 Å². The summed E-state index contributed by atoms with van der Waals surface area (Å²) >= 11 is 1.12. The van der Waals surface area contributed by atoms with E-state index in [1.165, 1.54) is 24.3 Å². The molecule has 0 aromatic heterocycles. The molecule has 0 saturated carbocycles. The SMILES string of the molecule is CCSC1=C(c2ccc(F)cc2)C(=O)N(c2cc(F)ccc2F)C1=O. The number of hydrogen-bond donors (Lipinski definition) is 0. The number of carbonyl (C=O) groups excluding carboxylic acids is 2. The van der Waals surface area contributed by atoms with Crippen molar-refractivity contribution < 1.29 is 22.8 Å². The highest BCUT2D eigenvalue weighted by Gasteiger charge is 2.41. The van der Waals surface area contributed by atoms with Gasteiger partial charge in [0, 0.05) is 6.07 Å². The Morgan fingerprint density at radius 2 is 1.56 bits per heavy atom. The molecule has 2 amide bonds. The Balaban J connectivity index is 2.13. The zero-order valence-corrected chi connectivity index (χ0v) is 13.9. The predicted octanol–water partition coefficient (Wildman–Crippen LogP) is 4.14. The van der Waals surface area contributed by atoms with Gasteiger partial charge >= 0.3 is 0 Å². The summed E-state index contributed by atoms with van der Waals surface area (Å²) in [5.74, 6) is -3.13. The fourth-order valence-corrected chi connectivity index (χ4v) is 3.39. The van der Waals surface area contributed by atoms with Gasteiger partial charge < -0.3 is 0 Å². The van der Waals surface area contributed by atoms with Crippen LogP contribution < -0.4 is 4.90 Å². The molecule has 25 heavy (non-hydrogen) atoms. The summed E-state index contributed by atoms with van der Waals surface area (Å²) in [4.78, 5) is 26.2. The van der Waals surface area contributed by atoms with Crippen molar-refractivity contribution in [1.29, 1.82) is 0 Å². The quantitative estimate of drug-likeness (QED) is 0.766. The van der Waals surface area contributed by atoms with Crippen LogP contribution in [0, 0.1) is 17.5 Å². The fraction of sp³-hybridized carbons (Fsp3) is 0.111. The normalized spacial score (nSPS) is 14.6. The maximum atomic E-state index is 14.1. The maximum absolute atomic E-state index is 14.1. The van der Waals surface area contributed by atoms with Gasteiger partial charge in [-0.3, -0.25) is 9.59 Å². The van der Waals surface area contributed by atoms with Crippen molar-refractivity contribution in [2.24, 2.45) is 0 Å². The van der Waals surface area contributed by atoms with E-state index in [0.717, 1.165) is 30.0 Å². The van der Waals surface area contributed by atoms with Crippen LogP contribution in [0.3, 0.4) is 0 Å². The molecule has 1 aliphatic rings. The minimum absolute atomic E-state index is 0.0560. The zero-order valence-electron chi connectivity index (χ0n) is 13.1. The molecule has 2 aromatic rings. The summed E-state index contributed by atoms with van der Waals surface area (Å²) in [5.41, 5.74) is -0.0446. The Bertz CT molecular complexity index is 894. The molecule has 0 unspecified atom stereocenters. The summed E-state index contributed by atoms with van der Waals surface area (Å²) in [6.45, 7) is 1.79. The van der Waals surface area contributed by atoms with E-state index in [4.69, 9.17) is 0 Å². The van der Waals surface area contributed by atoms with Gasteiger partial charge in [0.1, 0.15) is 17.5 Å². The van der Waals surface area contributed by atoms with E-state index < -0.39 is 35.0 Å². The lowest BCUT2D eigenvalue weighted by molar-refractivity contribution is -0.119. The van der Waals surface area contributed by atoms with E-state index in [1.54, 1.807) is 6.92 Å². The average molecular weight is 363 g/mol. The number of anilines is 1. The molecule has 128 valence electrons. The largest absolute Gasteiger partial charge is 0.272 e. The Morgan fingerprint density at radius 3 is 2.20 bits per heavy atom. The van der Waals surface area contributed by atoms with Crippen molar-refractivity contribution in [2.45, 2.75) is 6.92 Å². The van der Waals surface area contributed by atoms with E-state index in [2.05, 4.69) is 0 Å². The second-order valence-corrected chi connectivity index (χ2v) is 6.46. The van der Waals surface area contributed by atoms with Crippen LogP contribution in [-0.4, -0.2) is 17.6 Å². The molecule has 0 aliphatic carbocycles. The van der Waals surface area contributed by atoms with Crippen LogP contribution in [0.1, 0.15) is 12.5 Å². The van der Waals surface area contributed by atoms with Crippen LogP contribution in [0.15, 0.2) is 47.4 Å². The van der Waals surface area contributed by atoms with Crippen molar-refractivity contribution in [2.75, 3.05) is 10.7 Å². The molecule has 0 fully saturated rings. The van der Waals surface area contributed by atoms with Crippen LogP contribution in [0.25, 0.3) is 5.57 Å². The van der Waals surface area contributed by atoms with E-state index in [0.29, 0.717) is 16.2 Å². The van der Waals surface area contributed by atoms with Gasteiger partial charge in [0.15, 0.2) is 0 Å². The van der Waals surface area contributed by atoms with Gasteiger partial charge in [-0.2, -0.15) is 0 Å². The first-order valence-electron chi connectivity index (χ1n) is 7.41. The monoisotopic (exact) mass is 363 g/mol. The summed E-state index contributed by atoms with van der Waals surface area (Å²) in [7, 11) is 0. The van der Waals surface area contributed by atoms with Gasteiger partial charge in [-0.25, -0.2) is 18.1 Å². The number of imide groups is 1. The second kappa shape index (κ2) is 6.76. The van der Waals surface area contributed by atoms with Crippen molar-refractivity contribution in [1.82, 2.24) is 0 Å². The molecule has 0 bridgehead atoms. The molecule has 1 aliphatic heterocycles. The second-order valence-electron chi connectivity index (χ2n) is 5.19. The molecular weight excluding hydrogens is 351 g/mol. The smallest absolute Gasteiger partial charge is 0.268 e.